The third kappa shape index (κ3) is 2.72. The van der Waals surface area contributed by atoms with Crippen LogP contribution in [0.5, 0.6) is 0 Å². The molecule has 1 aromatic rings. The Morgan fingerprint density at radius 1 is 1.50 bits per heavy atom. The summed E-state index contributed by atoms with van der Waals surface area (Å²) in [5.41, 5.74) is 2.46. The number of rotatable bonds is 5. The highest BCUT2D eigenvalue weighted by atomic mass is 32.2. The van der Waals surface area contributed by atoms with E-state index in [1.54, 1.807) is 11.3 Å². The van der Waals surface area contributed by atoms with Gasteiger partial charge < -0.3 is 4.90 Å². The summed E-state index contributed by atoms with van der Waals surface area (Å²) in [6, 6.07) is 4.17. The summed E-state index contributed by atoms with van der Waals surface area (Å²) >= 11 is 3.48. The SMILES string of the molecule is CCNC1SC=C(CC)N1Cc1sccc1C#N. The van der Waals surface area contributed by atoms with Crippen LogP contribution >= 0.6 is 23.1 Å². The molecule has 1 aromatic heterocycles. The van der Waals surface area contributed by atoms with Gasteiger partial charge >= 0.3 is 0 Å². The van der Waals surface area contributed by atoms with E-state index in [0.717, 1.165) is 30.0 Å². The van der Waals surface area contributed by atoms with Gasteiger partial charge in [0.25, 0.3) is 0 Å². The highest BCUT2D eigenvalue weighted by Gasteiger charge is 2.25. The number of nitriles is 1. The maximum absolute atomic E-state index is 9.08. The molecule has 0 amide bonds. The number of nitrogens with one attached hydrogen (secondary N) is 1. The van der Waals surface area contributed by atoms with E-state index < -0.39 is 0 Å². The molecule has 3 nitrogen and oxygen atoms in total. The Morgan fingerprint density at radius 2 is 2.33 bits per heavy atom. The lowest BCUT2D eigenvalue weighted by atomic mass is 10.2. The van der Waals surface area contributed by atoms with E-state index in [2.05, 4.69) is 35.5 Å². The van der Waals surface area contributed by atoms with Crippen molar-refractivity contribution in [3.05, 3.63) is 33.0 Å². The van der Waals surface area contributed by atoms with Crippen molar-refractivity contribution in [3.63, 3.8) is 0 Å². The predicted octanol–water partition coefficient (Wildman–Crippen LogP) is 3.31. The van der Waals surface area contributed by atoms with Crippen molar-refractivity contribution in [2.75, 3.05) is 6.54 Å². The van der Waals surface area contributed by atoms with Gasteiger partial charge in [-0.1, -0.05) is 25.6 Å². The van der Waals surface area contributed by atoms with E-state index in [1.807, 2.05) is 23.2 Å². The van der Waals surface area contributed by atoms with Crippen LogP contribution in [0.15, 0.2) is 22.6 Å². The normalized spacial score (nSPS) is 18.8. The monoisotopic (exact) mass is 279 g/mol. The minimum absolute atomic E-state index is 0.304. The summed E-state index contributed by atoms with van der Waals surface area (Å²) in [5, 5.41) is 16.8. The average Bonchev–Trinajstić information content (AvgIpc) is 2.98. The minimum atomic E-state index is 0.304. The lowest BCUT2D eigenvalue weighted by Gasteiger charge is -2.28. The summed E-state index contributed by atoms with van der Waals surface area (Å²) in [6.07, 6.45) is 1.03. The number of hydrogen-bond acceptors (Lipinski definition) is 5. The first-order valence-electron chi connectivity index (χ1n) is 6.11. The molecule has 1 aliphatic rings. The second kappa shape index (κ2) is 6.28. The van der Waals surface area contributed by atoms with Crippen molar-refractivity contribution in [1.82, 2.24) is 10.2 Å². The van der Waals surface area contributed by atoms with Crippen molar-refractivity contribution in [3.8, 4) is 6.07 Å². The van der Waals surface area contributed by atoms with E-state index >= 15 is 0 Å². The highest BCUT2D eigenvalue weighted by Crippen LogP contribution is 2.33. The van der Waals surface area contributed by atoms with Gasteiger partial charge in [-0.15, -0.1) is 11.3 Å². The minimum Gasteiger partial charge on any atom is -0.345 e. The summed E-state index contributed by atoms with van der Waals surface area (Å²) in [4.78, 5) is 3.52. The zero-order valence-electron chi connectivity index (χ0n) is 10.6. The molecule has 2 rings (SSSR count). The van der Waals surface area contributed by atoms with Gasteiger partial charge in [0, 0.05) is 10.6 Å². The van der Waals surface area contributed by atoms with Gasteiger partial charge in [0.2, 0.25) is 0 Å². The van der Waals surface area contributed by atoms with Gasteiger partial charge in [-0.2, -0.15) is 5.26 Å². The molecule has 0 fully saturated rings. The standard InChI is InChI=1S/C13H17N3S2/c1-3-11-9-18-13(15-4-2)16(11)8-12-10(7-14)5-6-17-12/h5-6,9,13,15H,3-4,8H2,1-2H3. The second-order valence-electron chi connectivity index (χ2n) is 4.01. The molecule has 96 valence electrons. The summed E-state index contributed by atoms with van der Waals surface area (Å²) in [7, 11) is 0. The molecule has 1 atom stereocenters. The summed E-state index contributed by atoms with van der Waals surface area (Å²) in [6.45, 7) is 6.07. The van der Waals surface area contributed by atoms with Crippen LogP contribution in [0, 0.1) is 11.3 Å². The van der Waals surface area contributed by atoms with Gasteiger partial charge in [-0.05, 0) is 29.8 Å². The fraction of sp³-hybridized carbons (Fsp3) is 0.462. The molecule has 0 bridgehead atoms. The first kappa shape index (κ1) is 13.5. The number of allylic oxidation sites excluding steroid dienone is 1. The fourth-order valence-corrected chi connectivity index (χ4v) is 3.99. The number of nitrogens with zero attached hydrogens (tertiary/aromatic N) is 2. The van der Waals surface area contributed by atoms with Gasteiger partial charge in [0.05, 0.1) is 12.1 Å². The lowest BCUT2D eigenvalue weighted by Crippen LogP contribution is -2.39. The highest BCUT2D eigenvalue weighted by molar-refractivity contribution is 8.02. The Balaban J connectivity index is 2.14. The average molecular weight is 279 g/mol. The van der Waals surface area contributed by atoms with Crippen LogP contribution in [-0.2, 0) is 6.54 Å². The van der Waals surface area contributed by atoms with Gasteiger partial charge in [-0.25, -0.2) is 0 Å². The molecule has 1 N–H and O–H groups in total. The molecule has 2 heterocycles. The van der Waals surface area contributed by atoms with Crippen molar-refractivity contribution in [1.29, 1.82) is 5.26 Å². The molecule has 1 aliphatic heterocycles. The molecule has 0 spiro atoms. The molecule has 5 heteroatoms. The Bertz CT molecular complexity index is 473. The summed E-state index contributed by atoms with van der Waals surface area (Å²) < 4.78 is 0. The molecule has 0 saturated carbocycles. The molecule has 0 saturated heterocycles. The first-order valence-corrected chi connectivity index (χ1v) is 7.93. The summed E-state index contributed by atoms with van der Waals surface area (Å²) in [5.74, 6) is 0. The Hall–Kier alpha value is -0.960. The molecule has 1 unspecified atom stereocenters. The number of thioether (sulfide) groups is 1. The van der Waals surface area contributed by atoms with Gasteiger partial charge in [0.15, 0.2) is 0 Å². The quantitative estimate of drug-likeness (QED) is 0.897. The Kier molecular flexibility index (Phi) is 4.70. The maximum Gasteiger partial charge on any atom is 0.132 e. The third-order valence-electron chi connectivity index (χ3n) is 2.91. The van der Waals surface area contributed by atoms with Crippen molar-refractivity contribution in [2.45, 2.75) is 32.3 Å². The predicted molar refractivity (Wildman–Crippen MR) is 78.0 cm³/mol. The van der Waals surface area contributed by atoms with Crippen molar-refractivity contribution >= 4 is 23.1 Å². The van der Waals surface area contributed by atoms with Crippen LogP contribution in [-0.4, -0.2) is 16.9 Å². The Morgan fingerprint density at radius 3 is 3.00 bits per heavy atom. The van der Waals surface area contributed by atoms with Crippen LogP contribution in [0.1, 0.15) is 30.7 Å². The molecular formula is C13H17N3S2. The smallest absolute Gasteiger partial charge is 0.132 e. The number of hydrogen-bond donors (Lipinski definition) is 1. The van der Waals surface area contributed by atoms with E-state index in [9.17, 15) is 0 Å². The Labute approximate surface area is 116 Å². The lowest BCUT2D eigenvalue weighted by molar-refractivity contribution is 0.286. The van der Waals surface area contributed by atoms with E-state index in [4.69, 9.17) is 5.26 Å². The molecule has 0 radical (unpaired) electrons. The molecular weight excluding hydrogens is 262 g/mol. The molecule has 0 aliphatic carbocycles. The number of thiophene rings is 1. The zero-order valence-corrected chi connectivity index (χ0v) is 12.3. The van der Waals surface area contributed by atoms with E-state index in [0.29, 0.717) is 5.50 Å². The third-order valence-corrected chi connectivity index (χ3v) is 4.90. The topological polar surface area (TPSA) is 39.1 Å². The van der Waals surface area contributed by atoms with E-state index in [-0.39, 0.29) is 0 Å². The second-order valence-corrected chi connectivity index (χ2v) is 5.96. The largest absolute Gasteiger partial charge is 0.345 e. The molecule has 0 aromatic carbocycles. The van der Waals surface area contributed by atoms with E-state index in [1.165, 1.54) is 5.70 Å². The maximum atomic E-state index is 9.08. The van der Waals surface area contributed by atoms with Crippen LogP contribution in [0.3, 0.4) is 0 Å². The zero-order chi connectivity index (χ0) is 13.0. The molecule has 18 heavy (non-hydrogen) atoms. The van der Waals surface area contributed by atoms with Crippen LogP contribution in [0.2, 0.25) is 0 Å². The van der Waals surface area contributed by atoms with Crippen molar-refractivity contribution in [2.24, 2.45) is 0 Å². The first-order chi connectivity index (χ1) is 8.80. The van der Waals surface area contributed by atoms with Gasteiger partial charge in [-0.3, -0.25) is 5.32 Å². The van der Waals surface area contributed by atoms with Crippen molar-refractivity contribution < 1.29 is 0 Å². The fourth-order valence-electron chi connectivity index (χ4n) is 1.96. The van der Waals surface area contributed by atoms with Crippen LogP contribution in [0.4, 0.5) is 0 Å². The van der Waals surface area contributed by atoms with Crippen LogP contribution in [0.25, 0.3) is 0 Å². The van der Waals surface area contributed by atoms with Gasteiger partial charge in [0.1, 0.15) is 11.6 Å². The van der Waals surface area contributed by atoms with Crippen LogP contribution < -0.4 is 5.32 Å².